The number of amides is 2. The number of ether oxygens (including phenoxy) is 2. The van der Waals surface area contributed by atoms with Crippen LogP contribution in [0.1, 0.15) is 31.1 Å². The molecule has 1 aliphatic rings. The van der Waals surface area contributed by atoms with E-state index < -0.39 is 21.5 Å². The Kier molecular flexibility index (Phi) is 6.63. The molecule has 1 heterocycles. The van der Waals surface area contributed by atoms with Crippen molar-refractivity contribution in [3.05, 3.63) is 48.0 Å². The van der Waals surface area contributed by atoms with Crippen molar-refractivity contribution < 1.29 is 27.5 Å². The van der Waals surface area contributed by atoms with Gasteiger partial charge < -0.3 is 19.7 Å². The lowest BCUT2D eigenvalue weighted by molar-refractivity contribution is -0.122. The van der Waals surface area contributed by atoms with Crippen molar-refractivity contribution in [2.24, 2.45) is 0 Å². The number of nitrogens with one attached hydrogen (secondary N) is 2. The third kappa shape index (κ3) is 5.91. The van der Waals surface area contributed by atoms with Gasteiger partial charge in [-0.15, -0.1) is 0 Å². The number of rotatable bonds is 6. The molecule has 0 spiro atoms. The fraction of sp³-hybridized carbons (Fsp3) is 0.364. The van der Waals surface area contributed by atoms with Crippen molar-refractivity contribution in [3.63, 3.8) is 0 Å². The molecule has 0 aliphatic carbocycles. The van der Waals surface area contributed by atoms with Crippen LogP contribution < -0.4 is 19.5 Å². The van der Waals surface area contributed by atoms with Gasteiger partial charge in [0.15, 0.2) is 11.5 Å². The zero-order valence-corrected chi connectivity index (χ0v) is 19.3. The molecule has 0 bridgehead atoms. The number of benzene rings is 2. The molecule has 0 saturated carbocycles. The summed E-state index contributed by atoms with van der Waals surface area (Å²) in [6.07, 6.45) is 0. The van der Waals surface area contributed by atoms with Crippen LogP contribution in [0.5, 0.6) is 11.5 Å². The number of hydrogen-bond donors (Lipinski definition) is 2. The molecule has 3 rings (SSSR count). The third-order valence-electron chi connectivity index (χ3n) is 4.43. The summed E-state index contributed by atoms with van der Waals surface area (Å²) < 4.78 is 39.0. The van der Waals surface area contributed by atoms with Crippen LogP contribution >= 0.6 is 0 Å². The number of hydrogen-bond acceptors (Lipinski definition) is 6. The van der Waals surface area contributed by atoms with Crippen molar-refractivity contribution in [1.29, 1.82) is 0 Å². The summed E-state index contributed by atoms with van der Waals surface area (Å²) in [4.78, 5) is 26.1. The van der Waals surface area contributed by atoms with Gasteiger partial charge in [-0.3, -0.25) is 14.3 Å². The number of nitrogens with zero attached hydrogens (tertiary/aromatic N) is 1. The smallest absolute Gasteiger partial charge is 0.262 e. The lowest BCUT2D eigenvalue weighted by Gasteiger charge is -2.23. The van der Waals surface area contributed by atoms with Crippen LogP contribution in [0.25, 0.3) is 0 Å². The van der Waals surface area contributed by atoms with Gasteiger partial charge in [0.05, 0.1) is 11.4 Å². The number of anilines is 1. The van der Waals surface area contributed by atoms with E-state index in [1.165, 1.54) is 30.1 Å². The highest BCUT2D eigenvalue weighted by Crippen LogP contribution is 2.32. The fourth-order valence-electron chi connectivity index (χ4n) is 3.09. The molecule has 0 unspecified atom stereocenters. The standard InChI is InChI=1S/C22H27N3O6S/c1-22(2,3)23-20(26)14-25(4)21(27)15-6-5-7-16(12-15)24-32(28,29)17-8-9-18-19(13-17)31-11-10-30-18/h5-9,12-13,24H,10-11,14H2,1-4H3,(H,23,26). The van der Waals surface area contributed by atoms with Crippen LogP contribution in [-0.2, 0) is 14.8 Å². The summed E-state index contributed by atoms with van der Waals surface area (Å²) in [5.74, 6) is 0.151. The van der Waals surface area contributed by atoms with Gasteiger partial charge in [-0.2, -0.15) is 0 Å². The summed E-state index contributed by atoms with van der Waals surface area (Å²) in [7, 11) is -2.41. The van der Waals surface area contributed by atoms with Crippen LogP contribution in [0.2, 0.25) is 0 Å². The average molecular weight is 462 g/mol. The quantitative estimate of drug-likeness (QED) is 0.682. The fourth-order valence-corrected chi connectivity index (χ4v) is 4.15. The van der Waals surface area contributed by atoms with Crippen LogP contribution in [0.15, 0.2) is 47.4 Å². The van der Waals surface area contributed by atoms with E-state index in [1.807, 2.05) is 20.8 Å². The monoisotopic (exact) mass is 461 g/mol. The second-order valence-electron chi connectivity index (χ2n) is 8.45. The Balaban J connectivity index is 1.73. The molecule has 9 nitrogen and oxygen atoms in total. The topological polar surface area (TPSA) is 114 Å². The van der Waals surface area contributed by atoms with Gasteiger partial charge in [-0.1, -0.05) is 6.07 Å². The number of sulfonamides is 1. The van der Waals surface area contributed by atoms with Crippen LogP contribution in [0.4, 0.5) is 5.69 Å². The molecular weight excluding hydrogens is 434 g/mol. The van der Waals surface area contributed by atoms with Crippen molar-refractivity contribution in [2.75, 3.05) is 31.5 Å². The van der Waals surface area contributed by atoms with Gasteiger partial charge in [0.2, 0.25) is 5.91 Å². The van der Waals surface area contributed by atoms with E-state index in [1.54, 1.807) is 24.3 Å². The Bertz CT molecular complexity index is 1120. The number of likely N-dealkylation sites (N-methyl/N-ethyl adjacent to an activating group) is 1. The molecule has 0 atom stereocenters. The lowest BCUT2D eigenvalue weighted by Crippen LogP contribution is -2.46. The average Bonchev–Trinajstić information content (AvgIpc) is 2.71. The first kappa shape index (κ1) is 23.4. The van der Waals surface area contributed by atoms with Crippen LogP contribution in [0.3, 0.4) is 0 Å². The van der Waals surface area contributed by atoms with Gasteiger partial charge in [0, 0.05) is 29.9 Å². The number of fused-ring (bicyclic) bond motifs is 1. The Hall–Kier alpha value is -3.27. The minimum absolute atomic E-state index is 0.00875. The maximum absolute atomic E-state index is 12.8. The van der Waals surface area contributed by atoms with E-state index in [-0.39, 0.29) is 28.6 Å². The Morgan fingerprint density at radius 1 is 1.03 bits per heavy atom. The molecular formula is C22H27N3O6S. The van der Waals surface area contributed by atoms with Gasteiger partial charge in [-0.05, 0) is 51.1 Å². The Morgan fingerprint density at radius 2 is 1.72 bits per heavy atom. The largest absolute Gasteiger partial charge is 0.486 e. The molecule has 1 aliphatic heterocycles. The summed E-state index contributed by atoms with van der Waals surface area (Å²) in [6.45, 7) is 6.18. The van der Waals surface area contributed by atoms with Crippen molar-refractivity contribution in [2.45, 2.75) is 31.2 Å². The maximum Gasteiger partial charge on any atom is 0.262 e. The number of carbonyl (C=O) groups is 2. The zero-order chi connectivity index (χ0) is 23.5. The van der Waals surface area contributed by atoms with E-state index in [2.05, 4.69) is 10.0 Å². The van der Waals surface area contributed by atoms with Crippen molar-refractivity contribution >= 4 is 27.5 Å². The Labute approximate surface area is 187 Å². The van der Waals surface area contributed by atoms with E-state index in [0.29, 0.717) is 24.7 Å². The summed E-state index contributed by atoms with van der Waals surface area (Å²) in [5, 5.41) is 2.79. The SMILES string of the molecule is CN(CC(=O)NC(C)(C)C)C(=O)c1cccc(NS(=O)(=O)c2ccc3c(c2)OCCO3)c1. The molecule has 0 aromatic heterocycles. The van der Waals surface area contributed by atoms with E-state index in [4.69, 9.17) is 9.47 Å². The number of carbonyl (C=O) groups excluding carboxylic acids is 2. The van der Waals surface area contributed by atoms with Gasteiger partial charge in [0.1, 0.15) is 13.2 Å². The second-order valence-corrected chi connectivity index (χ2v) is 10.1. The summed E-state index contributed by atoms with van der Waals surface area (Å²) in [5.41, 5.74) is 0.0595. The molecule has 2 aromatic carbocycles. The van der Waals surface area contributed by atoms with Gasteiger partial charge in [0.25, 0.3) is 15.9 Å². The molecule has 32 heavy (non-hydrogen) atoms. The predicted octanol–water partition coefficient (Wildman–Crippen LogP) is 2.25. The zero-order valence-electron chi connectivity index (χ0n) is 18.5. The summed E-state index contributed by atoms with van der Waals surface area (Å²) >= 11 is 0. The first-order valence-corrected chi connectivity index (χ1v) is 11.5. The van der Waals surface area contributed by atoms with Gasteiger partial charge in [-0.25, -0.2) is 8.42 Å². The molecule has 2 amide bonds. The van der Waals surface area contributed by atoms with E-state index in [9.17, 15) is 18.0 Å². The van der Waals surface area contributed by atoms with E-state index >= 15 is 0 Å². The van der Waals surface area contributed by atoms with Crippen molar-refractivity contribution in [1.82, 2.24) is 10.2 Å². The second kappa shape index (κ2) is 9.07. The first-order valence-electron chi connectivity index (χ1n) is 10.0. The normalized spacial score (nSPS) is 13.2. The third-order valence-corrected chi connectivity index (χ3v) is 5.81. The highest BCUT2D eigenvalue weighted by atomic mass is 32.2. The van der Waals surface area contributed by atoms with E-state index in [0.717, 1.165) is 0 Å². The molecule has 172 valence electrons. The van der Waals surface area contributed by atoms with Gasteiger partial charge >= 0.3 is 0 Å². The maximum atomic E-state index is 12.8. The Morgan fingerprint density at radius 3 is 2.41 bits per heavy atom. The minimum atomic E-state index is -3.92. The molecule has 0 saturated heterocycles. The molecule has 2 aromatic rings. The van der Waals surface area contributed by atoms with Crippen molar-refractivity contribution in [3.8, 4) is 11.5 Å². The first-order chi connectivity index (χ1) is 14.9. The molecule has 2 N–H and O–H groups in total. The molecule has 10 heteroatoms. The summed E-state index contributed by atoms with van der Waals surface area (Å²) in [6, 6.07) is 10.5. The lowest BCUT2D eigenvalue weighted by atomic mass is 10.1. The van der Waals surface area contributed by atoms with Crippen LogP contribution in [0, 0.1) is 0 Å². The highest BCUT2D eigenvalue weighted by Gasteiger charge is 2.21. The predicted molar refractivity (Wildman–Crippen MR) is 120 cm³/mol. The minimum Gasteiger partial charge on any atom is -0.486 e. The highest BCUT2D eigenvalue weighted by molar-refractivity contribution is 7.92. The molecule has 0 radical (unpaired) electrons. The van der Waals surface area contributed by atoms with Crippen LogP contribution in [-0.4, -0.2) is 57.5 Å². The molecule has 0 fully saturated rings.